The molecule has 4 rings (SSSR count). The van der Waals surface area contributed by atoms with Crippen LogP contribution in [0.1, 0.15) is 19.4 Å². The third-order valence-electron chi connectivity index (χ3n) is 5.35. The summed E-state index contributed by atoms with van der Waals surface area (Å²) in [4.78, 5) is 37.4. The topological polar surface area (TPSA) is 68.7 Å². The molecule has 148 valence electrons. The molecule has 2 unspecified atom stereocenters. The molecule has 0 bridgehead atoms. The van der Waals surface area contributed by atoms with Gasteiger partial charge < -0.3 is 19.4 Å². The van der Waals surface area contributed by atoms with Crippen LogP contribution in [0.15, 0.2) is 47.2 Å². The van der Waals surface area contributed by atoms with Crippen LogP contribution in [-0.2, 0) is 16.1 Å². The molecule has 3 heterocycles. The number of hydrogen-bond donors (Lipinski definition) is 0. The van der Waals surface area contributed by atoms with E-state index in [4.69, 9.17) is 9.73 Å². The van der Waals surface area contributed by atoms with Gasteiger partial charge in [-0.25, -0.2) is 9.79 Å². The Morgan fingerprint density at radius 1 is 1.14 bits per heavy atom. The fourth-order valence-corrected chi connectivity index (χ4v) is 3.87. The van der Waals surface area contributed by atoms with E-state index in [0.717, 1.165) is 17.2 Å². The molecule has 0 aromatic heterocycles. The van der Waals surface area contributed by atoms with Crippen LogP contribution in [0.4, 0.5) is 4.79 Å². The number of allylic oxidation sites excluding steroid dienone is 1. The number of carbonyl (C=O) groups is 2. The number of aliphatic imine (C=N–C) groups is 1. The average molecular weight is 383 g/mol. The smallest absolute Gasteiger partial charge is 0.328 e. The molecule has 3 amide bonds. The zero-order valence-electron chi connectivity index (χ0n) is 16.4. The van der Waals surface area contributed by atoms with E-state index < -0.39 is 12.2 Å². The summed E-state index contributed by atoms with van der Waals surface area (Å²) in [5.41, 5.74) is 2.18. The third kappa shape index (κ3) is 2.93. The van der Waals surface area contributed by atoms with Gasteiger partial charge in [-0.3, -0.25) is 9.69 Å². The second-order valence-electron chi connectivity index (χ2n) is 7.12. The molecule has 28 heavy (non-hydrogen) atoms. The Balaban J connectivity index is 1.58. The van der Waals surface area contributed by atoms with Crippen LogP contribution >= 0.6 is 0 Å². The lowest BCUT2D eigenvalue weighted by Gasteiger charge is -2.40. The molecule has 0 spiro atoms. The summed E-state index contributed by atoms with van der Waals surface area (Å²) < 4.78 is 5.34. The quantitative estimate of drug-likeness (QED) is 0.699. The molecule has 1 aromatic rings. The molecular weight excluding hydrogens is 358 g/mol. The zero-order chi connectivity index (χ0) is 19.8. The van der Waals surface area contributed by atoms with Crippen LogP contribution < -0.4 is 0 Å². The van der Waals surface area contributed by atoms with Crippen molar-refractivity contribution in [2.45, 2.75) is 32.6 Å². The number of imide groups is 1. The first-order valence-corrected chi connectivity index (χ1v) is 9.55. The van der Waals surface area contributed by atoms with Crippen LogP contribution in [0, 0.1) is 0 Å². The van der Waals surface area contributed by atoms with E-state index in [1.54, 1.807) is 11.9 Å². The third-order valence-corrected chi connectivity index (χ3v) is 5.35. The predicted molar refractivity (Wildman–Crippen MR) is 104 cm³/mol. The van der Waals surface area contributed by atoms with E-state index in [-0.39, 0.29) is 18.5 Å². The average Bonchev–Trinajstić information content (AvgIpc) is 3.20. The fourth-order valence-electron chi connectivity index (χ4n) is 3.87. The molecule has 3 aliphatic rings. The Bertz CT molecular complexity index is 838. The van der Waals surface area contributed by atoms with E-state index in [1.807, 2.05) is 43.1 Å². The molecule has 0 N–H and O–H groups in total. The van der Waals surface area contributed by atoms with Crippen molar-refractivity contribution >= 4 is 17.9 Å². The van der Waals surface area contributed by atoms with Crippen molar-refractivity contribution in [3.8, 4) is 0 Å². The van der Waals surface area contributed by atoms with Crippen molar-refractivity contribution < 1.29 is 14.3 Å². The summed E-state index contributed by atoms with van der Waals surface area (Å²) in [6.45, 7) is 5.69. The molecule has 0 saturated carbocycles. The van der Waals surface area contributed by atoms with Gasteiger partial charge >= 0.3 is 6.03 Å². The highest BCUT2D eigenvalue weighted by Crippen LogP contribution is 2.34. The van der Waals surface area contributed by atoms with Gasteiger partial charge in [-0.2, -0.15) is 0 Å². The van der Waals surface area contributed by atoms with Gasteiger partial charge in [0, 0.05) is 25.6 Å². The number of hydrogen-bond acceptors (Lipinski definition) is 6. The molecule has 1 fully saturated rings. The predicted octanol–water partition coefficient (Wildman–Crippen LogP) is 1.66. The van der Waals surface area contributed by atoms with Gasteiger partial charge in [0.1, 0.15) is 0 Å². The van der Waals surface area contributed by atoms with Crippen molar-refractivity contribution in [3.05, 3.63) is 47.8 Å². The lowest BCUT2D eigenvalue weighted by Crippen LogP contribution is -2.64. The highest BCUT2D eigenvalue weighted by atomic mass is 16.5. The Hall–Kier alpha value is -2.87. The van der Waals surface area contributed by atoms with Gasteiger partial charge in [0.2, 0.25) is 5.96 Å². The number of nitrogens with zero attached hydrogens (tertiary/aromatic N) is 5. The standard InChI is InChI=1S/C20H25N5O3/c1-4-28-11-10-23-18(26)16-17(22(3)20(23)27)21-19-24(14(2)12-25(16)19)13-15-8-6-5-7-9-15/h5-9,12,16-17H,4,10-11,13H2,1-3H3. The van der Waals surface area contributed by atoms with Crippen molar-refractivity contribution in [2.75, 3.05) is 26.8 Å². The van der Waals surface area contributed by atoms with Gasteiger partial charge in [0.15, 0.2) is 12.2 Å². The minimum Gasteiger partial charge on any atom is -0.380 e. The first-order chi connectivity index (χ1) is 13.5. The fraction of sp³-hybridized carbons (Fsp3) is 0.450. The Morgan fingerprint density at radius 3 is 2.61 bits per heavy atom. The van der Waals surface area contributed by atoms with Crippen LogP contribution in [0.25, 0.3) is 0 Å². The SMILES string of the molecule is CCOCCN1C(=O)C2C(N=C3N(Cc4ccccc4)C(C)=CN32)N(C)C1=O. The van der Waals surface area contributed by atoms with E-state index >= 15 is 0 Å². The van der Waals surface area contributed by atoms with Crippen molar-refractivity contribution in [2.24, 2.45) is 4.99 Å². The summed E-state index contributed by atoms with van der Waals surface area (Å²) in [5, 5.41) is 0. The number of guanidine groups is 1. The van der Waals surface area contributed by atoms with Gasteiger partial charge in [-0.15, -0.1) is 0 Å². The van der Waals surface area contributed by atoms with Gasteiger partial charge in [-0.05, 0) is 19.4 Å². The molecule has 8 heteroatoms. The number of amides is 3. The normalized spacial score (nSPS) is 23.8. The van der Waals surface area contributed by atoms with Crippen LogP contribution in [0.2, 0.25) is 0 Å². The number of ether oxygens (including phenoxy) is 1. The second-order valence-corrected chi connectivity index (χ2v) is 7.12. The van der Waals surface area contributed by atoms with E-state index in [9.17, 15) is 9.59 Å². The molecule has 0 radical (unpaired) electrons. The monoisotopic (exact) mass is 383 g/mol. The molecule has 2 atom stereocenters. The maximum Gasteiger partial charge on any atom is 0.328 e. The number of likely N-dealkylation sites (N-methyl/N-ethyl adjacent to an activating group) is 1. The molecular formula is C20H25N5O3. The molecule has 1 saturated heterocycles. The molecule has 8 nitrogen and oxygen atoms in total. The van der Waals surface area contributed by atoms with Crippen molar-refractivity contribution in [1.82, 2.24) is 19.6 Å². The number of benzene rings is 1. The first-order valence-electron chi connectivity index (χ1n) is 9.55. The number of carbonyl (C=O) groups excluding carboxylic acids is 2. The largest absolute Gasteiger partial charge is 0.380 e. The summed E-state index contributed by atoms with van der Waals surface area (Å²) >= 11 is 0. The minimum atomic E-state index is -0.532. The first kappa shape index (κ1) is 18.5. The Morgan fingerprint density at radius 2 is 1.89 bits per heavy atom. The molecule has 0 aliphatic carbocycles. The molecule has 3 aliphatic heterocycles. The van der Waals surface area contributed by atoms with Crippen LogP contribution in [0.3, 0.4) is 0 Å². The van der Waals surface area contributed by atoms with Gasteiger partial charge in [-0.1, -0.05) is 30.3 Å². The lowest BCUT2D eigenvalue weighted by atomic mass is 10.1. The number of rotatable bonds is 6. The highest BCUT2D eigenvalue weighted by Gasteiger charge is 2.54. The summed E-state index contributed by atoms with van der Waals surface area (Å²) in [6.07, 6.45) is 1.44. The minimum absolute atomic E-state index is 0.225. The van der Waals surface area contributed by atoms with E-state index in [0.29, 0.717) is 19.8 Å². The second kappa shape index (κ2) is 7.27. The Kier molecular flexibility index (Phi) is 4.80. The van der Waals surface area contributed by atoms with Crippen molar-refractivity contribution in [3.63, 3.8) is 0 Å². The summed E-state index contributed by atoms with van der Waals surface area (Å²) in [7, 11) is 1.70. The summed E-state index contributed by atoms with van der Waals surface area (Å²) in [5.74, 6) is 0.494. The van der Waals surface area contributed by atoms with E-state index in [2.05, 4.69) is 17.0 Å². The number of fused-ring (bicyclic) bond motifs is 3. The van der Waals surface area contributed by atoms with Crippen LogP contribution in [0.5, 0.6) is 0 Å². The maximum absolute atomic E-state index is 13.1. The number of urea groups is 1. The zero-order valence-corrected chi connectivity index (χ0v) is 16.4. The van der Waals surface area contributed by atoms with Crippen molar-refractivity contribution in [1.29, 1.82) is 0 Å². The maximum atomic E-state index is 13.1. The lowest BCUT2D eigenvalue weighted by molar-refractivity contribution is -0.137. The van der Waals surface area contributed by atoms with Crippen LogP contribution in [-0.4, -0.2) is 76.5 Å². The Labute approximate surface area is 164 Å². The van der Waals surface area contributed by atoms with Gasteiger partial charge in [0.25, 0.3) is 5.91 Å². The summed E-state index contributed by atoms with van der Waals surface area (Å²) in [6, 6.07) is 9.26. The highest BCUT2D eigenvalue weighted by molar-refractivity contribution is 6.04. The molecule has 1 aromatic carbocycles. The van der Waals surface area contributed by atoms with E-state index in [1.165, 1.54) is 4.90 Å². The van der Waals surface area contributed by atoms with Gasteiger partial charge in [0.05, 0.1) is 19.7 Å².